The van der Waals surface area contributed by atoms with E-state index < -0.39 is 0 Å². The fraction of sp³-hybridized carbons (Fsp3) is 0.526. The van der Waals surface area contributed by atoms with Crippen LogP contribution >= 0.6 is 0 Å². The topological polar surface area (TPSA) is 72.3 Å². The summed E-state index contributed by atoms with van der Waals surface area (Å²) in [6.45, 7) is 2.69. The third-order valence-electron chi connectivity index (χ3n) is 5.71. The number of carbonyl (C=O) groups is 1. The average molecular weight is 353 g/mol. The first-order valence-corrected chi connectivity index (χ1v) is 9.40. The van der Waals surface area contributed by atoms with E-state index in [4.69, 9.17) is 4.74 Å². The fourth-order valence-electron chi connectivity index (χ4n) is 4.17. The zero-order valence-corrected chi connectivity index (χ0v) is 14.6. The molecule has 3 atom stereocenters. The van der Waals surface area contributed by atoms with E-state index in [9.17, 15) is 4.79 Å². The highest BCUT2D eigenvalue weighted by atomic mass is 16.5. The summed E-state index contributed by atoms with van der Waals surface area (Å²) in [6, 6.07) is 10.2. The van der Waals surface area contributed by atoms with Crippen molar-refractivity contribution in [2.75, 3.05) is 19.7 Å². The van der Waals surface area contributed by atoms with Gasteiger partial charge in [0.2, 0.25) is 0 Å². The number of rotatable bonds is 4. The highest BCUT2D eigenvalue weighted by Gasteiger charge is 2.42. The molecule has 1 aliphatic carbocycles. The van der Waals surface area contributed by atoms with Gasteiger partial charge in [-0.3, -0.25) is 9.69 Å². The van der Waals surface area contributed by atoms with Gasteiger partial charge in [0, 0.05) is 25.2 Å². The summed E-state index contributed by atoms with van der Waals surface area (Å²) in [5, 5.41) is 11.2. The highest BCUT2D eigenvalue weighted by Crippen LogP contribution is 2.37. The molecule has 0 unspecified atom stereocenters. The molecule has 136 valence electrons. The van der Waals surface area contributed by atoms with Gasteiger partial charge in [-0.2, -0.15) is 0 Å². The molecule has 1 aromatic carbocycles. The lowest BCUT2D eigenvalue weighted by Gasteiger charge is -2.35. The lowest BCUT2D eigenvalue weighted by Crippen LogP contribution is -2.47. The molecule has 7 heteroatoms. The number of aromatic nitrogens is 3. The molecule has 1 amide bonds. The molecular formula is C19H23N5O2. The predicted octanol–water partition coefficient (Wildman–Crippen LogP) is 1.25. The Balaban J connectivity index is 1.25. The maximum atomic E-state index is 12.8. The Hall–Kier alpha value is -2.25. The number of nitrogens with zero attached hydrogens (tertiary/aromatic N) is 4. The molecule has 0 bridgehead atoms. The summed E-state index contributed by atoms with van der Waals surface area (Å²) < 4.78 is 7.63. The lowest BCUT2D eigenvalue weighted by atomic mass is 10.1. The molecule has 0 radical (unpaired) electrons. The van der Waals surface area contributed by atoms with E-state index in [2.05, 4.69) is 20.5 Å². The smallest absolute Gasteiger partial charge is 0.271 e. The van der Waals surface area contributed by atoms with Crippen molar-refractivity contribution in [2.45, 2.75) is 37.5 Å². The van der Waals surface area contributed by atoms with Gasteiger partial charge in [0.1, 0.15) is 0 Å². The number of carbonyl (C=O) groups excluding carboxylic acids is 1. The molecule has 3 aliphatic rings. The second kappa shape index (κ2) is 6.48. The number of nitrogens with one attached hydrogen (secondary N) is 1. The van der Waals surface area contributed by atoms with Crippen molar-refractivity contribution in [1.29, 1.82) is 0 Å². The maximum absolute atomic E-state index is 12.8. The van der Waals surface area contributed by atoms with Crippen LogP contribution < -0.4 is 5.32 Å². The quantitative estimate of drug-likeness (QED) is 0.896. The van der Waals surface area contributed by atoms with Crippen LogP contribution in [-0.4, -0.2) is 63.7 Å². The molecule has 0 spiro atoms. The van der Waals surface area contributed by atoms with Crippen LogP contribution in [0.15, 0.2) is 36.5 Å². The molecule has 2 aliphatic heterocycles. The van der Waals surface area contributed by atoms with Crippen LogP contribution in [-0.2, 0) is 4.74 Å². The molecule has 2 saturated heterocycles. The summed E-state index contributed by atoms with van der Waals surface area (Å²) >= 11 is 0. The number of para-hydroxylation sites is 1. The SMILES string of the molecule is O=C(N[C@H]1C[C@H]2CO[C@@H](C3CC3)CN2C1)c1cnnn1-c1ccccc1. The zero-order valence-electron chi connectivity index (χ0n) is 14.6. The van der Waals surface area contributed by atoms with Crippen LogP contribution in [0.1, 0.15) is 29.8 Å². The lowest BCUT2D eigenvalue weighted by molar-refractivity contribution is -0.0581. The van der Waals surface area contributed by atoms with Crippen LogP contribution in [0.2, 0.25) is 0 Å². The van der Waals surface area contributed by atoms with Gasteiger partial charge >= 0.3 is 0 Å². The van der Waals surface area contributed by atoms with Crippen molar-refractivity contribution >= 4 is 5.91 Å². The van der Waals surface area contributed by atoms with Gasteiger partial charge in [-0.1, -0.05) is 23.4 Å². The van der Waals surface area contributed by atoms with Crippen molar-refractivity contribution < 1.29 is 9.53 Å². The maximum Gasteiger partial charge on any atom is 0.271 e. The van der Waals surface area contributed by atoms with Crippen LogP contribution in [0.3, 0.4) is 0 Å². The van der Waals surface area contributed by atoms with E-state index in [1.807, 2.05) is 30.3 Å². The van der Waals surface area contributed by atoms with Crippen LogP contribution in [0.25, 0.3) is 5.69 Å². The summed E-state index contributed by atoms with van der Waals surface area (Å²) in [5.41, 5.74) is 1.30. The Morgan fingerprint density at radius 2 is 2.04 bits per heavy atom. The number of morpholine rings is 1. The van der Waals surface area contributed by atoms with Crippen LogP contribution in [0.5, 0.6) is 0 Å². The first-order valence-electron chi connectivity index (χ1n) is 9.40. The standard InChI is InChI=1S/C19H23N5O2/c25-19(17-9-20-22-24(17)15-4-2-1-3-5-15)21-14-8-16-12-26-18(13-6-7-13)11-23(16)10-14/h1-5,9,13-14,16,18H,6-8,10-12H2,(H,21,25)/t14-,16-,18+/m0/s1. The minimum atomic E-state index is -0.122. The second-order valence-electron chi connectivity index (χ2n) is 7.59. The molecule has 3 fully saturated rings. The number of amides is 1. The van der Waals surface area contributed by atoms with Crippen molar-refractivity contribution in [1.82, 2.24) is 25.2 Å². The van der Waals surface area contributed by atoms with Gasteiger partial charge in [-0.05, 0) is 37.3 Å². The Bertz CT molecular complexity index is 788. The summed E-state index contributed by atoms with van der Waals surface area (Å²) in [4.78, 5) is 15.3. The Morgan fingerprint density at radius 1 is 1.19 bits per heavy atom. The van der Waals surface area contributed by atoms with Gasteiger partial charge in [-0.15, -0.1) is 5.10 Å². The zero-order chi connectivity index (χ0) is 17.5. The molecular weight excluding hydrogens is 330 g/mol. The highest BCUT2D eigenvalue weighted by molar-refractivity contribution is 5.93. The number of hydrogen-bond acceptors (Lipinski definition) is 5. The van der Waals surface area contributed by atoms with Crippen molar-refractivity contribution in [3.05, 3.63) is 42.2 Å². The van der Waals surface area contributed by atoms with E-state index >= 15 is 0 Å². The Kier molecular flexibility index (Phi) is 3.98. The Labute approximate surface area is 152 Å². The van der Waals surface area contributed by atoms with E-state index in [1.54, 1.807) is 4.68 Å². The number of ether oxygens (including phenoxy) is 1. The van der Waals surface area contributed by atoms with Gasteiger partial charge in [0.25, 0.3) is 5.91 Å². The predicted molar refractivity (Wildman–Crippen MR) is 95.1 cm³/mol. The molecule has 26 heavy (non-hydrogen) atoms. The van der Waals surface area contributed by atoms with E-state index in [1.165, 1.54) is 19.0 Å². The molecule has 1 N–H and O–H groups in total. The van der Waals surface area contributed by atoms with Crippen molar-refractivity contribution in [2.24, 2.45) is 5.92 Å². The number of hydrogen-bond donors (Lipinski definition) is 1. The summed E-state index contributed by atoms with van der Waals surface area (Å²) in [5.74, 6) is 0.638. The monoisotopic (exact) mass is 353 g/mol. The van der Waals surface area contributed by atoms with Crippen molar-refractivity contribution in [3.63, 3.8) is 0 Å². The summed E-state index contributed by atoms with van der Waals surface area (Å²) in [6.07, 6.45) is 5.47. The third kappa shape index (κ3) is 3.01. The van der Waals surface area contributed by atoms with Gasteiger partial charge < -0.3 is 10.1 Å². The minimum absolute atomic E-state index is 0.122. The number of fused-ring (bicyclic) bond motifs is 1. The van der Waals surface area contributed by atoms with E-state index in [-0.39, 0.29) is 11.9 Å². The number of benzene rings is 1. The van der Waals surface area contributed by atoms with Gasteiger partial charge in [0.15, 0.2) is 5.69 Å². The largest absolute Gasteiger partial charge is 0.375 e. The second-order valence-corrected chi connectivity index (χ2v) is 7.59. The third-order valence-corrected chi connectivity index (χ3v) is 5.71. The minimum Gasteiger partial charge on any atom is -0.375 e. The van der Waals surface area contributed by atoms with Crippen LogP contribution in [0.4, 0.5) is 0 Å². The first kappa shape index (κ1) is 16.0. The molecule has 3 heterocycles. The molecule has 7 nitrogen and oxygen atoms in total. The van der Waals surface area contributed by atoms with Gasteiger partial charge in [-0.25, -0.2) is 4.68 Å². The van der Waals surface area contributed by atoms with Crippen molar-refractivity contribution in [3.8, 4) is 5.69 Å². The van der Waals surface area contributed by atoms with E-state index in [0.29, 0.717) is 17.8 Å². The molecule has 1 saturated carbocycles. The van der Waals surface area contributed by atoms with E-state index in [0.717, 1.165) is 37.7 Å². The van der Waals surface area contributed by atoms with Crippen LogP contribution in [0, 0.1) is 5.92 Å². The summed E-state index contributed by atoms with van der Waals surface area (Å²) in [7, 11) is 0. The van der Waals surface area contributed by atoms with Gasteiger partial charge in [0.05, 0.1) is 24.6 Å². The Morgan fingerprint density at radius 3 is 2.85 bits per heavy atom. The normalized spacial score (nSPS) is 28.7. The first-order chi connectivity index (χ1) is 12.8. The molecule has 5 rings (SSSR count). The molecule has 1 aromatic heterocycles. The fourth-order valence-corrected chi connectivity index (χ4v) is 4.17. The average Bonchev–Trinajstić information content (AvgIpc) is 3.26. The molecule has 2 aromatic rings.